The molecule has 1 aliphatic carbocycles. The van der Waals surface area contributed by atoms with E-state index in [1.807, 2.05) is 0 Å². The number of nitrogens with zero attached hydrogens (tertiary/aromatic N) is 1. The van der Waals surface area contributed by atoms with E-state index in [0.717, 1.165) is 30.3 Å². The molecule has 2 atom stereocenters. The molecule has 0 spiro atoms. The number of halogens is 8. The van der Waals surface area contributed by atoms with Crippen LogP contribution in [-0.4, -0.2) is 44.2 Å². The molecular formula is C25H23F8NO3S. The van der Waals surface area contributed by atoms with Crippen molar-refractivity contribution >= 4 is 15.7 Å². The van der Waals surface area contributed by atoms with Gasteiger partial charge in [-0.15, -0.1) is 0 Å². The lowest BCUT2D eigenvalue weighted by Gasteiger charge is -2.43. The molecule has 2 aromatic rings. The molecule has 4 nitrogen and oxygen atoms in total. The third-order valence-corrected chi connectivity index (χ3v) is 9.99. The first-order chi connectivity index (χ1) is 17.4. The molecule has 1 aliphatic heterocycles. The molecule has 13 heteroatoms. The summed E-state index contributed by atoms with van der Waals surface area (Å²) in [5.41, 5.74) is -7.69. The summed E-state index contributed by atoms with van der Waals surface area (Å²) in [5, 5.41) is 0. The number of amides is 1. The van der Waals surface area contributed by atoms with E-state index in [9.17, 15) is 48.3 Å². The van der Waals surface area contributed by atoms with Gasteiger partial charge in [0.2, 0.25) is 5.91 Å². The number of carbonyl (C=O) groups is 1. The van der Waals surface area contributed by atoms with Gasteiger partial charge in [0.05, 0.1) is 10.9 Å². The average molecular weight is 570 g/mol. The van der Waals surface area contributed by atoms with Crippen molar-refractivity contribution in [2.45, 2.75) is 66.8 Å². The number of fused-ring (bicyclic) bond motifs is 3. The molecule has 0 unspecified atom stereocenters. The second-order valence-corrected chi connectivity index (χ2v) is 12.1. The van der Waals surface area contributed by atoms with E-state index >= 15 is 0 Å². The van der Waals surface area contributed by atoms with Gasteiger partial charge in [0.1, 0.15) is 10.6 Å². The fraction of sp³-hybridized carbons (Fsp3) is 0.480. The van der Waals surface area contributed by atoms with Crippen molar-refractivity contribution in [2.24, 2.45) is 5.92 Å². The van der Waals surface area contributed by atoms with Crippen LogP contribution in [0.4, 0.5) is 35.1 Å². The Hall–Kier alpha value is -2.70. The Balaban J connectivity index is 1.97. The number of sulfone groups is 1. The molecule has 0 aromatic heterocycles. The van der Waals surface area contributed by atoms with Gasteiger partial charge in [0.25, 0.3) is 0 Å². The Kier molecular flexibility index (Phi) is 6.65. The maximum absolute atomic E-state index is 14.8. The fourth-order valence-electron chi connectivity index (χ4n) is 5.65. The predicted octanol–water partition coefficient (Wildman–Crippen LogP) is 5.99. The summed E-state index contributed by atoms with van der Waals surface area (Å²) >= 11 is 0. The number of rotatable bonds is 4. The minimum absolute atomic E-state index is 0.0402. The van der Waals surface area contributed by atoms with E-state index in [1.54, 1.807) is 13.8 Å². The second kappa shape index (κ2) is 8.92. The molecule has 2 aromatic carbocycles. The topological polar surface area (TPSA) is 54.5 Å². The van der Waals surface area contributed by atoms with Gasteiger partial charge in [0, 0.05) is 18.0 Å². The molecule has 0 radical (unpaired) electrons. The highest BCUT2D eigenvalue weighted by atomic mass is 32.2. The number of hydrogen-bond acceptors (Lipinski definition) is 3. The minimum atomic E-state index is -6.33. The van der Waals surface area contributed by atoms with E-state index in [4.69, 9.17) is 0 Å². The van der Waals surface area contributed by atoms with Gasteiger partial charge in [-0.05, 0) is 54.7 Å². The highest BCUT2D eigenvalue weighted by Gasteiger charge is 2.73. The van der Waals surface area contributed by atoms with Crippen LogP contribution in [0.1, 0.15) is 43.4 Å². The number of benzene rings is 2. The molecule has 1 amide bonds. The molecule has 38 heavy (non-hydrogen) atoms. The van der Waals surface area contributed by atoms with Crippen molar-refractivity contribution in [3.63, 3.8) is 0 Å². The fourth-order valence-corrected chi connectivity index (χ4v) is 8.02. The zero-order chi connectivity index (χ0) is 28.5. The predicted molar refractivity (Wildman–Crippen MR) is 120 cm³/mol. The standard InChI is InChI=1S/C25H23F8NO3S/c1-14(2)21(35)34-12-11-22(38(36,37)18-7-5-17(26)6-8-18)19-9-4-16(13-15(19)3-10-20(22)34)23(27,24(28,29)30)25(31,32)33/h4-9,13-14,20H,3,10-12H2,1-2H3/t20-,22-/m1/s1. The SMILES string of the molecule is CC(C)C(=O)N1CC[C@@]2(S(=O)(=O)c3ccc(F)cc3)c3ccc(C(F)(C(F)(F)F)C(F)(F)F)cc3CC[C@@H]12. The van der Waals surface area contributed by atoms with Crippen LogP contribution in [0.2, 0.25) is 0 Å². The zero-order valence-electron chi connectivity index (χ0n) is 20.1. The molecule has 0 bridgehead atoms. The molecule has 1 saturated heterocycles. The first-order valence-electron chi connectivity index (χ1n) is 11.7. The monoisotopic (exact) mass is 569 g/mol. The number of carbonyl (C=O) groups excluding carboxylic acids is 1. The van der Waals surface area contributed by atoms with Crippen molar-refractivity contribution in [3.8, 4) is 0 Å². The van der Waals surface area contributed by atoms with Gasteiger partial charge >= 0.3 is 18.0 Å². The van der Waals surface area contributed by atoms with Crippen LogP contribution in [0.15, 0.2) is 47.4 Å². The summed E-state index contributed by atoms with van der Waals surface area (Å²) < 4.78 is 135. The third kappa shape index (κ3) is 3.91. The van der Waals surface area contributed by atoms with Crippen molar-refractivity contribution in [3.05, 3.63) is 65.0 Å². The molecular weight excluding hydrogens is 546 g/mol. The Bertz CT molecular complexity index is 1340. The molecule has 2 aliphatic rings. The zero-order valence-corrected chi connectivity index (χ0v) is 20.9. The van der Waals surface area contributed by atoms with Gasteiger partial charge in [-0.25, -0.2) is 17.2 Å². The lowest BCUT2D eigenvalue weighted by atomic mass is 9.76. The summed E-state index contributed by atoms with van der Waals surface area (Å²) in [6.07, 6.45) is -13.2. The Morgan fingerprint density at radius 3 is 2.08 bits per heavy atom. The number of likely N-dealkylation sites (tertiary alicyclic amines) is 1. The van der Waals surface area contributed by atoms with E-state index in [1.165, 1.54) is 4.90 Å². The Morgan fingerprint density at radius 2 is 1.55 bits per heavy atom. The lowest BCUT2D eigenvalue weighted by Crippen LogP contribution is -2.53. The maximum atomic E-state index is 14.8. The van der Waals surface area contributed by atoms with Crippen molar-refractivity contribution in [2.75, 3.05) is 6.54 Å². The van der Waals surface area contributed by atoms with Crippen LogP contribution in [-0.2, 0) is 31.5 Å². The summed E-state index contributed by atoms with van der Waals surface area (Å²) in [6, 6.07) is 4.33. The van der Waals surface area contributed by atoms with Gasteiger partial charge in [0.15, 0.2) is 9.84 Å². The van der Waals surface area contributed by atoms with E-state index in [2.05, 4.69) is 0 Å². The number of aryl methyl sites for hydroxylation is 1. The van der Waals surface area contributed by atoms with Crippen LogP contribution < -0.4 is 0 Å². The van der Waals surface area contributed by atoms with Gasteiger partial charge in [-0.2, -0.15) is 26.3 Å². The van der Waals surface area contributed by atoms with Crippen LogP contribution in [0, 0.1) is 11.7 Å². The van der Waals surface area contributed by atoms with Crippen LogP contribution >= 0.6 is 0 Å². The Morgan fingerprint density at radius 1 is 0.974 bits per heavy atom. The van der Waals surface area contributed by atoms with Crippen LogP contribution in [0.3, 0.4) is 0 Å². The summed E-state index contributed by atoms with van der Waals surface area (Å²) in [7, 11) is -4.49. The highest BCUT2D eigenvalue weighted by Crippen LogP contribution is 2.56. The van der Waals surface area contributed by atoms with Crippen molar-refractivity contribution in [1.82, 2.24) is 4.90 Å². The highest BCUT2D eigenvalue weighted by molar-refractivity contribution is 7.92. The van der Waals surface area contributed by atoms with Crippen LogP contribution in [0.25, 0.3) is 0 Å². The summed E-state index contributed by atoms with van der Waals surface area (Å²) in [4.78, 5) is 14.0. The van der Waals surface area contributed by atoms with E-state index in [0.29, 0.717) is 12.1 Å². The van der Waals surface area contributed by atoms with Crippen molar-refractivity contribution in [1.29, 1.82) is 0 Å². The largest absolute Gasteiger partial charge is 0.435 e. The number of hydrogen-bond donors (Lipinski definition) is 0. The molecule has 1 fully saturated rings. The molecule has 208 valence electrons. The first-order valence-corrected chi connectivity index (χ1v) is 13.1. The molecule has 0 N–H and O–H groups in total. The molecule has 0 saturated carbocycles. The molecule has 4 rings (SSSR count). The smallest absolute Gasteiger partial charge is 0.337 e. The maximum Gasteiger partial charge on any atom is 0.435 e. The van der Waals surface area contributed by atoms with E-state index in [-0.39, 0.29) is 47.7 Å². The summed E-state index contributed by atoms with van der Waals surface area (Å²) in [6.45, 7) is 3.17. The average Bonchev–Trinajstić information content (AvgIpc) is 3.23. The second-order valence-electron chi connectivity index (χ2n) is 9.86. The minimum Gasteiger partial charge on any atom is -0.337 e. The summed E-state index contributed by atoms with van der Waals surface area (Å²) in [5.74, 6) is -1.62. The lowest BCUT2D eigenvalue weighted by molar-refractivity contribution is -0.348. The number of alkyl halides is 7. The van der Waals surface area contributed by atoms with E-state index < -0.39 is 55.9 Å². The van der Waals surface area contributed by atoms with Gasteiger partial charge < -0.3 is 4.90 Å². The van der Waals surface area contributed by atoms with Gasteiger partial charge in [-0.1, -0.05) is 32.0 Å². The van der Waals surface area contributed by atoms with Gasteiger partial charge in [-0.3, -0.25) is 4.79 Å². The third-order valence-electron chi connectivity index (χ3n) is 7.45. The molecule has 1 heterocycles. The van der Waals surface area contributed by atoms with Crippen LogP contribution in [0.5, 0.6) is 0 Å². The quantitative estimate of drug-likeness (QED) is 0.336. The van der Waals surface area contributed by atoms with Crippen molar-refractivity contribution < 1.29 is 48.3 Å². The normalized spacial score (nSPS) is 22.4. The first kappa shape index (κ1) is 28.3. The Labute approximate surface area is 213 Å².